The van der Waals surface area contributed by atoms with Gasteiger partial charge in [-0.2, -0.15) is 0 Å². The van der Waals surface area contributed by atoms with Crippen LogP contribution in [0.4, 0.5) is 0 Å². The number of hydrogen-bond donors (Lipinski definition) is 1. The first-order chi connectivity index (χ1) is 8.13. The normalized spacial score (nSPS) is 36.9. The molecular weight excluding hydrogens is 214 g/mol. The molecule has 0 aromatic heterocycles. The van der Waals surface area contributed by atoms with Gasteiger partial charge >= 0.3 is 0 Å². The van der Waals surface area contributed by atoms with Gasteiger partial charge in [0, 0.05) is 44.2 Å². The Morgan fingerprint density at radius 3 is 2.65 bits per heavy atom. The van der Waals surface area contributed by atoms with Crippen molar-refractivity contribution >= 4 is 0 Å². The van der Waals surface area contributed by atoms with Crippen molar-refractivity contribution in [2.75, 3.05) is 46.9 Å². The molecule has 0 aromatic rings. The maximum absolute atomic E-state index is 5.99. The van der Waals surface area contributed by atoms with Crippen LogP contribution in [0, 0.1) is 11.8 Å². The van der Waals surface area contributed by atoms with Gasteiger partial charge in [0.2, 0.25) is 0 Å². The fraction of sp³-hybridized carbons (Fsp3) is 1.00. The highest BCUT2D eigenvalue weighted by atomic mass is 16.5. The van der Waals surface area contributed by atoms with E-state index in [2.05, 4.69) is 30.8 Å². The number of ether oxygens (including phenoxy) is 1. The lowest BCUT2D eigenvalue weighted by atomic mass is 9.98. The van der Waals surface area contributed by atoms with E-state index in [9.17, 15) is 0 Å². The fourth-order valence-corrected chi connectivity index (χ4v) is 3.43. The van der Waals surface area contributed by atoms with Gasteiger partial charge in [-0.05, 0) is 26.4 Å². The summed E-state index contributed by atoms with van der Waals surface area (Å²) in [5.41, 5.74) is 5.99. The molecule has 0 spiro atoms. The summed E-state index contributed by atoms with van der Waals surface area (Å²) < 4.78 is 5.51. The monoisotopic (exact) mass is 241 g/mol. The Kier molecular flexibility index (Phi) is 4.42. The standard InChI is InChI=1S/C13H27N3O/c1-10-7-16(8-13(10)15(2)3)12(6-14)11-4-5-17-9-11/h10-13H,4-9,14H2,1-3H3. The number of likely N-dealkylation sites (N-methyl/N-ethyl adjacent to an activating group) is 1. The summed E-state index contributed by atoms with van der Waals surface area (Å²) in [7, 11) is 4.36. The summed E-state index contributed by atoms with van der Waals surface area (Å²) in [5.74, 6) is 1.38. The van der Waals surface area contributed by atoms with Crippen molar-refractivity contribution in [1.29, 1.82) is 0 Å². The molecule has 4 unspecified atom stereocenters. The SMILES string of the molecule is CC1CN(C(CN)C2CCOC2)CC1N(C)C. The molecule has 2 fully saturated rings. The molecule has 2 heterocycles. The van der Waals surface area contributed by atoms with Crippen molar-refractivity contribution in [3.05, 3.63) is 0 Å². The molecule has 2 aliphatic heterocycles. The summed E-state index contributed by atoms with van der Waals surface area (Å²) in [6.07, 6.45) is 1.18. The summed E-state index contributed by atoms with van der Waals surface area (Å²) in [6.45, 7) is 7.28. The minimum absolute atomic E-state index is 0.518. The van der Waals surface area contributed by atoms with Gasteiger partial charge in [0.05, 0.1) is 6.61 Å². The van der Waals surface area contributed by atoms with Gasteiger partial charge in [0.25, 0.3) is 0 Å². The Bertz CT molecular complexity index is 241. The van der Waals surface area contributed by atoms with E-state index in [1.807, 2.05) is 0 Å². The van der Waals surface area contributed by atoms with Gasteiger partial charge in [-0.3, -0.25) is 4.90 Å². The maximum Gasteiger partial charge on any atom is 0.0510 e. The number of likely N-dealkylation sites (tertiary alicyclic amines) is 1. The molecule has 0 aliphatic carbocycles. The Morgan fingerprint density at radius 2 is 2.18 bits per heavy atom. The van der Waals surface area contributed by atoms with E-state index in [0.29, 0.717) is 18.0 Å². The molecule has 4 atom stereocenters. The lowest BCUT2D eigenvalue weighted by Gasteiger charge is -2.31. The second-order valence-corrected chi connectivity index (χ2v) is 5.89. The van der Waals surface area contributed by atoms with E-state index in [1.165, 1.54) is 13.0 Å². The van der Waals surface area contributed by atoms with Crippen LogP contribution in [0.2, 0.25) is 0 Å². The molecule has 2 N–H and O–H groups in total. The van der Waals surface area contributed by atoms with Gasteiger partial charge in [0.15, 0.2) is 0 Å². The molecule has 0 bridgehead atoms. The predicted molar refractivity (Wildman–Crippen MR) is 70.0 cm³/mol. The minimum atomic E-state index is 0.518. The third-order valence-corrected chi connectivity index (χ3v) is 4.48. The molecule has 2 aliphatic rings. The average Bonchev–Trinajstić information content (AvgIpc) is 2.89. The quantitative estimate of drug-likeness (QED) is 0.765. The van der Waals surface area contributed by atoms with Crippen molar-refractivity contribution < 1.29 is 4.74 Å². The van der Waals surface area contributed by atoms with Gasteiger partial charge < -0.3 is 15.4 Å². The van der Waals surface area contributed by atoms with E-state index < -0.39 is 0 Å². The van der Waals surface area contributed by atoms with Crippen molar-refractivity contribution in [3.8, 4) is 0 Å². The molecule has 0 saturated carbocycles. The van der Waals surface area contributed by atoms with Crippen LogP contribution in [0.3, 0.4) is 0 Å². The van der Waals surface area contributed by atoms with Crippen molar-refractivity contribution in [1.82, 2.24) is 9.80 Å². The van der Waals surface area contributed by atoms with Crippen LogP contribution >= 0.6 is 0 Å². The minimum Gasteiger partial charge on any atom is -0.381 e. The molecule has 100 valence electrons. The number of rotatable bonds is 4. The van der Waals surface area contributed by atoms with Crippen LogP contribution in [0.25, 0.3) is 0 Å². The molecule has 2 saturated heterocycles. The van der Waals surface area contributed by atoms with Gasteiger partial charge in [-0.25, -0.2) is 0 Å². The molecule has 2 rings (SSSR count). The molecule has 4 nitrogen and oxygen atoms in total. The molecular formula is C13H27N3O. The van der Waals surface area contributed by atoms with Crippen molar-refractivity contribution in [2.24, 2.45) is 17.6 Å². The second-order valence-electron chi connectivity index (χ2n) is 5.89. The summed E-state index contributed by atoms with van der Waals surface area (Å²) >= 11 is 0. The number of hydrogen-bond acceptors (Lipinski definition) is 4. The lowest BCUT2D eigenvalue weighted by molar-refractivity contribution is 0.133. The highest BCUT2D eigenvalue weighted by molar-refractivity contribution is 4.93. The highest BCUT2D eigenvalue weighted by Crippen LogP contribution is 2.27. The third kappa shape index (κ3) is 2.81. The fourth-order valence-electron chi connectivity index (χ4n) is 3.43. The van der Waals surface area contributed by atoms with Crippen LogP contribution in [0.5, 0.6) is 0 Å². The molecule has 0 amide bonds. The zero-order valence-corrected chi connectivity index (χ0v) is 11.4. The zero-order valence-electron chi connectivity index (χ0n) is 11.4. The van der Waals surface area contributed by atoms with Crippen molar-refractivity contribution in [3.63, 3.8) is 0 Å². The number of nitrogens with zero attached hydrogens (tertiary/aromatic N) is 2. The Hall–Kier alpha value is -0.160. The van der Waals surface area contributed by atoms with Gasteiger partial charge in [-0.1, -0.05) is 6.92 Å². The maximum atomic E-state index is 5.99. The van der Waals surface area contributed by atoms with Crippen LogP contribution < -0.4 is 5.73 Å². The Morgan fingerprint density at radius 1 is 1.41 bits per heavy atom. The summed E-state index contributed by atoms with van der Waals surface area (Å²) in [5, 5.41) is 0. The molecule has 0 aromatic carbocycles. The van der Waals surface area contributed by atoms with Crippen LogP contribution in [0.1, 0.15) is 13.3 Å². The van der Waals surface area contributed by atoms with Gasteiger partial charge in [0.1, 0.15) is 0 Å². The Balaban J connectivity index is 1.97. The first kappa shape index (κ1) is 13.3. The van der Waals surface area contributed by atoms with Crippen LogP contribution in [-0.4, -0.2) is 68.8 Å². The lowest BCUT2D eigenvalue weighted by Crippen LogP contribution is -2.46. The Labute approximate surface area is 105 Å². The van der Waals surface area contributed by atoms with E-state index in [4.69, 9.17) is 10.5 Å². The van der Waals surface area contributed by atoms with E-state index in [1.54, 1.807) is 0 Å². The zero-order chi connectivity index (χ0) is 12.4. The topological polar surface area (TPSA) is 41.7 Å². The van der Waals surface area contributed by atoms with Crippen molar-refractivity contribution in [2.45, 2.75) is 25.4 Å². The highest BCUT2D eigenvalue weighted by Gasteiger charge is 2.37. The summed E-state index contributed by atoms with van der Waals surface area (Å²) in [4.78, 5) is 4.94. The van der Waals surface area contributed by atoms with E-state index >= 15 is 0 Å². The first-order valence-corrected chi connectivity index (χ1v) is 6.81. The first-order valence-electron chi connectivity index (χ1n) is 6.81. The van der Waals surface area contributed by atoms with Gasteiger partial charge in [-0.15, -0.1) is 0 Å². The van der Waals surface area contributed by atoms with Crippen LogP contribution in [-0.2, 0) is 4.74 Å². The second kappa shape index (κ2) is 5.65. The number of nitrogens with two attached hydrogens (primary N) is 1. The largest absolute Gasteiger partial charge is 0.381 e. The summed E-state index contributed by atoms with van der Waals surface area (Å²) in [6, 6.07) is 1.19. The average molecular weight is 241 g/mol. The molecule has 4 heteroatoms. The molecule has 17 heavy (non-hydrogen) atoms. The predicted octanol–water partition coefficient (Wildman–Crippen LogP) is 0.232. The van der Waals surface area contributed by atoms with E-state index in [0.717, 1.165) is 32.2 Å². The smallest absolute Gasteiger partial charge is 0.0510 e. The third-order valence-electron chi connectivity index (χ3n) is 4.48. The van der Waals surface area contributed by atoms with Crippen LogP contribution in [0.15, 0.2) is 0 Å². The van der Waals surface area contributed by atoms with E-state index in [-0.39, 0.29) is 0 Å². The molecule has 0 radical (unpaired) electrons.